The lowest BCUT2D eigenvalue weighted by Gasteiger charge is -2.38. The lowest BCUT2D eigenvalue weighted by atomic mass is 9.99. The van der Waals surface area contributed by atoms with E-state index in [1.165, 1.54) is 50.6 Å². The molecular formula is C22H25FN2O5S. The maximum Gasteiger partial charge on any atom is 0.251 e. The summed E-state index contributed by atoms with van der Waals surface area (Å²) in [6, 6.07) is 9.47. The Bertz CT molecular complexity index is 1060. The van der Waals surface area contributed by atoms with Crippen LogP contribution in [-0.2, 0) is 10.0 Å². The molecular weight excluding hydrogens is 423 g/mol. The van der Waals surface area contributed by atoms with Gasteiger partial charge in [-0.2, -0.15) is 4.31 Å². The quantitative estimate of drug-likeness (QED) is 0.735. The van der Waals surface area contributed by atoms with Crippen LogP contribution in [0.4, 0.5) is 4.39 Å². The van der Waals surface area contributed by atoms with E-state index in [-0.39, 0.29) is 28.9 Å². The number of benzene rings is 2. The van der Waals surface area contributed by atoms with E-state index < -0.39 is 15.8 Å². The average molecular weight is 449 g/mol. The Balaban J connectivity index is 1.50. The smallest absolute Gasteiger partial charge is 0.251 e. The third-order valence-corrected chi connectivity index (χ3v) is 8.04. The number of carbonyl (C=O) groups is 1. The van der Waals surface area contributed by atoms with Gasteiger partial charge in [0.15, 0.2) is 11.5 Å². The molecule has 1 amide bonds. The highest BCUT2D eigenvalue weighted by atomic mass is 32.2. The molecule has 0 aromatic heterocycles. The molecule has 2 bridgehead atoms. The number of piperidine rings is 1. The number of methoxy groups -OCH3 is 2. The molecule has 2 aromatic rings. The molecule has 166 valence electrons. The Morgan fingerprint density at radius 2 is 1.61 bits per heavy atom. The molecule has 2 aromatic carbocycles. The standard InChI is InChI=1S/C22H25FN2O5S/c1-29-20-10-9-19(13-21(20)30-2)31(27,28)25-17-7-8-18(25)12-16(11-17)24-22(26)14-3-5-15(23)6-4-14/h3-6,9-10,13,16-18H,7-8,11-12H2,1-2H3,(H,24,26). The molecule has 7 nitrogen and oxygen atoms in total. The molecule has 31 heavy (non-hydrogen) atoms. The van der Waals surface area contributed by atoms with Gasteiger partial charge in [0.05, 0.1) is 19.1 Å². The maximum absolute atomic E-state index is 13.4. The molecule has 0 radical (unpaired) electrons. The van der Waals surface area contributed by atoms with Gasteiger partial charge in [0.25, 0.3) is 5.91 Å². The van der Waals surface area contributed by atoms with E-state index in [9.17, 15) is 17.6 Å². The second-order valence-corrected chi connectivity index (χ2v) is 9.73. The molecule has 2 fully saturated rings. The third-order valence-electron chi connectivity index (χ3n) is 6.04. The number of hydrogen-bond donors (Lipinski definition) is 1. The summed E-state index contributed by atoms with van der Waals surface area (Å²) in [6.07, 6.45) is 2.58. The first kappa shape index (κ1) is 21.6. The van der Waals surface area contributed by atoms with Crippen molar-refractivity contribution < 1.29 is 27.1 Å². The highest BCUT2D eigenvalue weighted by Crippen LogP contribution is 2.41. The van der Waals surface area contributed by atoms with Crippen LogP contribution in [0.1, 0.15) is 36.0 Å². The largest absolute Gasteiger partial charge is 0.493 e. The Morgan fingerprint density at radius 1 is 1.00 bits per heavy atom. The van der Waals surface area contributed by atoms with E-state index in [4.69, 9.17) is 9.47 Å². The van der Waals surface area contributed by atoms with Crippen molar-refractivity contribution in [3.8, 4) is 11.5 Å². The Labute approximate surface area is 181 Å². The van der Waals surface area contributed by atoms with Crippen molar-refractivity contribution in [1.29, 1.82) is 0 Å². The van der Waals surface area contributed by atoms with E-state index in [2.05, 4.69) is 5.32 Å². The summed E-state index contributed by atoms with van der Waals surface area (Å²) in [5, 5.41) is 2.98. The molecule has 2 saturated heterocycles. The zero-order chi connectivity index (χ0) is 22.2. The predicted octanol–water partition coefficient (Wildman–Crippen LogP) is 2.96. The van der Waals surface area contributed by atoms with Crippen LogP contribution in [0.25, 0.3) is 0 Å². The van der Waals surface area contributed by atoms with Crippen LogP contribution >= 0.6 is 0 Å². The third kappa shape index (κ3) is 4.12. The number of carbonyl (C=O) groups excluding carboxylic acids is 1. The molecule has 9 heteroatoms. The minimum atomic E-state index is -3.72. The second kappa shape index (κ2) is 8.47. The van der Waals surface area contributed by atoms with Crippen LogP contribution in [0.2, 0.25) is 0 Å². The van der Waals surface area contributed by atoms with E-state index in [1.54, 1.807) is 10.4 Å². The minimum Gasteiger partial charge on any atom is -0.493 e. The molecule has 2 atom stereocenters. The molecule has 2 aliphatic heterocycles. The van der Waals surface area contributed by atoms with Crippen molar-refractivity contribution in [3.05, 3.63) is 53.8 Å². The minimum absolute atomic E-state index is 0.132. The van der Waals surface area contributed by atoms with Crippen molar-refractivity contribution in [2.45, 2.75) is 48.7 Å². The van der Waals surface area contributed by atoms with Crippen LogP contribution in [0, 0.1) is 5.82 Å². The van der Waals surface area contributed by atoms with Crippen molar-refractivity contribution >= 4 is 15.9 Å². The normalized spacial score (nSPS) is 23.4. The number of hydrogen-bond acceptors (Lipinski definition) is 5. The van der Waals surface area contributed by atoms with E-state index in [0.717, 1.165) is 12.8 Å². The number of fused-ring (bicyclic) bond motifs is 2. The van der Waals surface area contributed by atoms with Gasteiger partial charge in [-0.3, -0.25) is 4.79 Å². The first-order valence-electron chi connectivity index (χ1n) is 10.2. The summed E-state index contributed by atoms with van der Waals surface area (Å²) >= 11 is 0. The first-order valence-corrected chi connectivity index (χ1v) is 11.6. The average Bonchev–Trinajstić information content (AvgIpc) is 3.05. The zero-order valence-corrected chi connectivity index (χ0v) is 18.2. The number of amides is 1. The van der Waals surface area contributed by atoms with Gasteiger partial charge in [-0.25, -0.2) is 12.8 Å². The number of sulfonamides is 1. The second-order valence-electron chi connectivity index (χ2n) is 7.89. The molecule has 0 saturated carbocycles. The van der Waals surface area contributed by atoms with Gasteiger partial charge in [0.1, 0.15) is 5.82 Å². The van der Waals surface area contributed by atoms with Gasteiger partial charge in [-0.1, -0.05) is 0 Å². The summed E-state index contributed by atoms with van der Waals surface area (Å²) in [5.41, 5.74) is 0.383. The molecule has 2 aliphatic rings. The topological polar surface area (TPSA) is 84.9 Å². The Morgan fingerprint density at radius 3 is 2.19 bits per heavy atom. The van der Waals surface area contributed by atoms with Crippen molar-refractivity contribution in [3.63, 3.8) is 0 Å². The molecule has 1 N–H and O–H groups in total. The lowest BCUT2D eigenvalue weighted by molar-refractivity contribution is 0.0909. The van der Waals surface area contributed by atoms with E-state index >= 15 is 0 Å². The van der Waals surface area contributed by atoms with Gasteiger partial charge >= 0.3 is 0 Å². The number of nitrogens with zero attached hydrogens (tertiary/aromatic N) is 1. The highest BCUT2D eigenvalue weighted by Gasteiger charge is 2.47. The Hall–Kier alpha value is -2.65. The summed E-state index contributed by atoms with van der Waals surface area (Å²) in [6.45, 7) is 0. The highest BCUT2D eigenvalue weighted by molar-refractivity contribution is 7.89. The molecule has 0 aliphatic carbocycles. The van der Waals surface area contributed by atoms with Crippen molar-refractivity contribution in [2.75, 3.05) is 14.2 Å². The summed E-state index contributed by atoms with van der Waals surface area (Å²) < 4.78 is 52.0. The maximum atomic E-state index is 13.4. The fourth-order valence-corrected chi connectivity index (χ4v) is 6.52. The number of halogens is 1. The molecule has 4 rings (SSSR count). The predicted molar refractivity (Wildman–Crippen MR) is 112 cm³/mol. The van der Waals surface area contributed by atoms with Gasteiger partial charge < -0.3 is 14.8 Å². The van der Waals surface area contributed by atoms with Gasteiger partial charge in [0.2, 0.25) is 10.0 Å². The SMILES string of the molecule is COc1ccc(S(=O)(=O)N2C3CCC2CC(NC(=O)c2ccc(F)cc2)C3)cc1OC. The number of rotatable bonds is 6. The van der Waals surface area contributed by atoms with Crippen LogP contribution in [0.3, 0.4) is 0 Å². The molecule has 2 unspecified atom stereocenters. The van der Waals surface area contributed by atoms with Crippen LogP contribution in [0.15, 0.2) is 47.4 Å². The summed E-state index contributed by atoms with van der Waals surface area (Å²) in [4.78, 5) is 12.7. The lowest BCUT2D eigenvalue weighted by Crippen LogP contribution is -2.52. The Kier molecular flexibility index (Phi) is 5.90. The fourth-order valence-electron chi connectivity index (χ4n) is 4.61. The fraction of sp³-hybridized carbons (Fsp3) is 0.409. The van der Waals surface area contributed by atoms with Crippen molar-refractivity contribution in [1.82, 2.24) is 9.62 Å². The monoisotopic (exact) mass is 448 g/mol. The molecule has 0 spiro atoms. The van der Waals surface area contributed by atoms with Crippen LogP contribution in [-0.4, -0.2) is 51.0 Å². The van der Waals surface area contributed by atoms with Gasteiger partial charge in [-0.05, 0) is 62.1 Å². The first-order chi connectivity index (χ1) is 14.8. The van der Waals surface area contributed by atoms with E-state index in [0.29, 0.717) is 29.9 Å². The summed E-state index contributed by atoms with van der Waals surface area (Å²) in [7, 11) is -0.758. The number of ether oxygens (including phenoxy) is 2. The number of nitrogens with one attached hydrogen (secondary N) is 1. The van der Waals surface area contributed by atoms with Gasteiger partial charge in [-0.15, -0.1) is 0 Å². The molecule has 2 heterocycles. The summed E-state index contributed by atoms with van der Waals surface area (Å²) in [5.74, 6) is 0.146. The van der Waals surface area contributed by atoms with Crippen molar-refractivity contribution in [2.24, 2.45) is 0 Å². The van der Waals surface area contributed by atoms with Crippen LogP contribution in [0.5, 0.6) is 11.5 Å². The van der Waals surface area contributed by atoms with E-state index in [1.807, 2.05) is 0 Å². The zero-order valence-electron chi connectivity index (χ0n) is 17.4. The van der Waals surface area contributed by atoms with Crippen LogP contribution < -0.4 is 14.8 Å². The van der Waals surface area contributed by atoms with Gasteiger partial charge in [0, 0.05) is 29.8 Å².